The van der Waals surface area contributed by atoms with Gasteiger partial charge in [-0.2, -0.15) is 0 Å². The topological polar surface area (TPSA) is 38.7 Å². The second-order valence-corrected chi connectivity index (χ2v) is 8.33. The SMILES string of the molecule is C=C/C=c1\c(=C)c(C)c(/C=C\C)c2cc(-c3nc(/C(C=C)=C/C=C)nc(-c4ccccc4)n3)ccc12. The van der Waals surface area contributed by atoms with Crippen LogP contribution in [-0.2, 0) is 0 Å². The summed E-state index contributed by atoms with van der Waals surface area (Å²) in [7, 11) is 0. The van der Waals surface area contributed by atoms with Crippen LogP contribution in [0.4, 0.5) is 0 Å². The summed E-state index contributed by atoms with van der Waals surface area (Å²) in [6, 6.07) is 16.2. The molecule has 36 heavy (non-hydrogen) atoms. The number of hydrogen-bond donors (Lipinski definition) is 0. The zero-order valence-electron chi connectivity index (χ0n) is 20.8. The van der Waals surface area contributed by atoms with Crippen molar-refractivity contribution >= 4 is 35.1 Å². The second kappa shape index (κ2) is 10.7. The summed E-state index contributed by atoms with van der Waals surface area (Å²) in [4.78, 5) is 14.5. The van der Waals surface area contributed by atoms with Gasteiger partial charge in [-0.15, -0.1) is 0 Å². The number of benzene rings is 3. The van der Waals surface area contributed by atoms with Crippen LogP contribution in [0.15, 0.2) is 98.6 Å². The molecule has 3 heteroatoms. The monoisotopic (exact) mass is 467 g/mol. The van der Waals surface area contributed by atoms with Gasteiger partial charge in [0, 0.05) is 16.7 Å². The van der Waals surface area contributed by atoms with Crippen LogP contribution in [0.2, 0.25) is 0 Å². The Morgan fingerprint density at radius 1 is 0.833 bits per heavy atom. The minimum absolute atomic E-state index is 0.549. The third-order valence-electron chi connectivity index (χ3n) is 6.10. The van der Waals surface area contributed by atoms with E-state index in [2.05, 4.69) is 63.6 Å². The molecule has 0 N–H and O–H groups in total. The molecule has 0 aliphatic heterocycles. The van der Waals surface area contributed by atoms with Gasteiger partial charge < -0.3 is 0 Å². The number of allylic oxidation sites excluding steroid dienone is 6. The molecule has 0 atom stereocenters. The van der Waals surface area contributed by atoms with Crippen LogP contribution in [-0.4, -0.2) is 15.0 Å². The first-order valence-corrected chi connectivity index (χ1v) is 11.8. The first-order chi connectivity index (χ1) is 17.5. The van der Waals surface area contributed by atoms with Crippen LogP contribution in [0, 0.1) is 6.92 Å². The van der Waals surface area contributed by atoms with Crippen LogP contribution < -0.4 is 10.4 Å². The lowest BCUT2D eigenvalue weighted by atomic mass is 9.93. The molecule has 1 aromatic heterocycles. The van der Waals surface area contributed by atoms with Crippen molar-refractivity contribution in [3.63, 3.8) is 0 Å². The minimum atomic E-state index is 0.549. The van der Waals surface area contributed by atoms with Gasteiger partial charge in [0.15, 0.2) is 17.5 Å². The van der Waals surface area contributed by atoms with Gasteiger partial charge in [0.05, 0.1) is 0 Å². The Labute approximate surface area is 212 Å². The lowest BCUT2D eigenvalue weighted by Gasteiger charge is -2.12. The van der Waals surface area contributed by atoms with E-state index in [0.717, 1.165) is 49.0 Å². The Morgan fingerprint density at radius 2 is 1.56 bits per heavy atom. The van der Waals surface area contributed by atoms with Crippen LogP contribution in [0.1, 0.15) is 23.9 Å². The van der Waals surface area contributed by atoms with Crippen molar-refractivity contribution in [3.05, 3.63) is 126 Å². The molecule has 0 amide bonds. The highest BCUT2D eigenvalue weighted by molar-refractivity contribution is 5.95. The zero-order chi connectivity index (χ0) is 25.7. The van der Waals surface area contributed by atoms with Gasteiger partial charge in [-0.3, -0.25) is 0 Å². The maximum atomic E-state index is 4.87. The molecule has 176 valence electrons. The van der Waals surface area contributed by atoms with Crippen molar-refractivity contribution in [2.75, 3.05) is 0 Å². The van der Waals surface area contributed by atoms with Crippen LogP contribution >= 0.6 is 0 Å². The van der Waals surface area contributed by atoms with Gasteiger partial charge in [-0.1, -0.05) is 111 Å². The molecule has 0 unspecified atom stereocenters. The van der Waals surface area contributed by atoms with Gasteiger partial charge >= 0.3 is 0 Å². The summed E-state index contributed by atoms with van der Waals surface area (Å²) < 4.78 is 0. The molecule has 0 saturated carbocycles. The van der Waals surface area contributed by atoms with E-state index >= 15 is 0 Å². The van der Waals surface area contributed by atoms with E-state index in [9.17, 15) is 0 Å². The molecule has 3 aromatic carbocycles. The molecule has 0 saturated heterocycles. The van der Waals surface area contributed by atoms with Gasteiger partial charge in [0.25, 0.3) is 0 Å². The fraction of sp³-hybridized carbons (Fsp3) is 0.0606. The first kappa shape index (κ1) is 24.5. The lowest BCUT2D eigenvalue weighted by Crippen LogP contribution is -2.27. The van der Waals surface area contributed by atoms with E-state index in [1.54, 1.807) is 18.2 Å². The average Bonchev–Trinajstić information content (AvgIpc) is 2.92. The highest BCUT2D eigenvalue weighted by atomic mass is 15.0. The largest absolute Gasteiger partial charge is 0.208 e. The van der Waals surface area contributed by atoms with Gasteiger partial charge in [0.1, 0.15) is 0 Å². The summed E-state index contributed by atoms with van der Waals surface area (Å²) in [6.45, 7) is 20.1. The molecule has 0 spiro atoms. The highest BCUT2D eigenvalue weighted by Crippen LogP contribution is 2.27. The van der Waals surface area contributed by atoms with E-state index in [4.69, 9.17) is 15.0 Å². The number of hydrogen-bond acceptors (Lipinski definition) is 3. The first-order valence-electron chi connectivity index (χ1n) is 11.8. The molecule has 0 aliphatic carbocycles. The van der Waals surface area contributed by atoms with Crippen LogP contribution in [0.5, 0.6) is 0 Å². The molecule has 0 fully saturated rings. The molecule has 4 aromatic rings. The second-order valence-electron chi connectivity index (χ2n) is 8.33. The van der Waals surface area contributed by atoms with Gasteiger partial charge in [-0.05, 0) is 52.3 Å². The Hall–Kier alpha value is -4.63. The van der Waals surface area contributed by atoms with E-state index in [-0.39, 0.29) is 0 Å². The minimum Gasteiger partial charge on any atom is -0.208 e. The van der Waals surface area contributed by atoms with Gasteiger partial charge in [0.2, 0.25) is 0 Å². The molecule has 1 heterocycles. The van der Waals surface area contributed by atoms with E-state index < -0.39 is 0 Å². The van der Waals surface area contributed by atoms with Crippen molar-refractivity contribution in [2.45, 2.75) is 13.8 Å². The van der Waals surface area contributed by atoms with Crippen LogP contribution in [0.25, 0.3) is 57.9 Å². The standard InChI is InChI=1S/C33H29N3/c1-7-14-24(10-4)31-34-32(25-17-12-11-13-18-25)36-33(35-31)26-19-20-29-27(15-8-2)22(5)23(6)28(16-9-3)30(29)21-26/h7-21H,1-2,4-5H2,3,6H3/b16-9-,24-14+,27-15+. The molecule has 4 rings (SSSR count). The molecular weight excluding hydrogens is 438 g/mol. The number of fused-ring (bicyclic) bond motifs is 1. The fourth-order valence-corrected chi connectivity index (χ4v) is 4.27. The summed E-state index contributed by atoms with van der Waals surface area (Å²) in [5.41, 5.74) is 4.87. The Morgan fingerprint density at radius 3 is 2.19 bits per heavy atom. The third kappa shape index (κ3) is 4.64. The maximum absolute atomic E-state index is 4.87. The summed E-state index contributed by atoms with van der Waals surface area (Å²) in [5.74, 6) is 1.74. The summed E-state index contributed by atoms with van der Waals surface area (Å²) in [5, 5.41) is 4.29. The number of rotatable bonds is 7. The van der Waals surface area contributed by atoms with E-state index in [0.29, 0.717) is 17.5 Å². The average molecular weight is 468 g/mol. The Balaban J connectivity index is 2.06. The van der Waals surface area contributed by atoms with Crippen molar-refractivity contribution in [1.29, 1.82) is 0 Å². The lowest BCUT2D eigenvalue weighted by molar-refractivity contribution is 1.04. The molecule has 3 nitrogen and oxygen atoms in total. The van der Waals surface area contributed by atoms with E-state index in [1.807, 2.05) is 49.4 Å². The molecule has 0 bridgehead atoms. The summed E-state index contributed by atoms with van der Waals surface area (Å²) >= 11 is 0. The maximum Gasteiger partial charge on any atom is 0.164 e. The summed E-state index contributed by atoms with van der Waals surface area (Å²) in [6.07, 6.45) is 13.3. The normalized spacial score (nSPS) is 12.3. The molecule has 0 aliphatic rings. The van der Waals surface area contributed by atoms with E-state index in [1.165, 1.54) is 0 Å². The number of aromatic nitrogens is 3. The van der Waals surface area contributed by atoms with Crippen molar-refractivity contribution in [2.24, 2.45) is 0 Å². The third-order valence-corrected chi connectivity index (χ3v) is 6.10. The Bertz CT molecular complexity index is 1660. The predicted octanol–water partition coefficient (Wildman–Crippen LogP) is 6.83. The number of nitrogens with zero attached hydrogens (tertiary/aromatic N) is 3. The molecule has 0 radical (unpaired) electrons. The Kier molecular flexibility index (Phi) is 7.31. The van der Waals surface area contributed by atoms with Crippen LogP contribution in [0.3, 0.4) is 0 Å². The fourth-order valence-electron chi connectivity index (χ4n) is 4.27. The smallest absolute Gasteiger partial charge is 0.164 e. The quantitative estimate of drug-likeness (QED) is 0.280. The van der Waals surface area contributed by atoms with Gasteiger partial charge in [-0.25, -0.2) is 15.0 Å². The highest BCUT2D eigenvalue weighted by Gasteiger charge is 2.14. The molecular formula is C33H29N3. The predicted molar refractivity (Wildman–Crippen MR) is 155 cm³/mol. The van der Waals surface area contributed by atoms with Crippen molar-refractivity contribution < 1.29 is 0 Å². The van der Waals surface area contributed by atoms with Crippen molar-refractivity contribution in [1.82, 2.24) is 15.0 Å². The van der Waals surface area contributed by atoms with Crippen molar-refractivity contribution in [3.8, 4) is 22.8 Å². The zero-order valence-corrected chi connectivity index (χ0v) is 20.8.